The van der Waals surface area contributed by atoms with Crippen molar-refractivity contribution < 1.29 is 19.1 Å². The molecule has 0 saturated carbocycles. The number of fused-ring (bicyclic) bond motifs is 1. The summed E-state index contributed by atoms with van der Waals surface area (Å²) in [6.45, 7) is 2.52. The molecular formula is C25H24ClN3O4. The molecule has 8 heteroatoms. The van der Waals surface area contributed by atoms with Crippen LogP contribution in [0.3, 0.4) is 0 Å². The number of hydrogen-bond donors (Lipinski definition) is 2. The third-order valence-corrected chi connectivity index (χ3v) is 5.51. The smallest absolute Gasteiger partial charge is 0.323 e. The molecule has 4 rings (SSSR count). The highest BCUT2D eigenvalue weighted by molar-refractivity contribution is 6.30. The molecule has 0 aliphatic carbocycles. The van der Waals surface area contributed by atoms with Crippen LogP contribution in [0.15, 0.2) is 66.7 Å². The number of benzene rings is 3. The molecule has 1 aliphatic rings. The first kappa shape index (κ1) is 22.5. The zero-order valence-electron chi connectivity index (χ0n) is 18.3. The molecule has 2 N–H and O–H groups in total. The number of nitrogens with one attached hydrogen (secondary N) is 2. The summed E-state index contributed by atoms with van der Waals surface area (Å²) in [6.07, 6.45) is -0.617. The summed E-state index contributed by atoms with van der Waals surface area (Å²) in [5, 5.41) is 6.25. The van der Waals surface area contributed by atoms with E-state index in [4.69, 9.17) is 21.1 Å². The number of carbonyl (C=O) groups is 2. The first-order chi connectivity index (χ1) is 15.9. The predicted octanol–water partition coefficient (Wildman–Crippen LogP) is 5.30. The van der Waals surface area contributed by atoms with Crippen molar-refractivity contribution in [2.75, 3.05) is 17.7 Å². The average Bonchev–Trinajstić information content (AvgIpc) is 2.91. The van der Waals surface area contributed by atoms with Gasteiger partial charge < -0.3 is 25.0 Å². The number of urea groups is 1. The van der Waals surface area contributed by atoms with Gasteiger partial charge in [0.25, 0.3) is 5.91 Å². The van der Waals surface area contributed by atoms with Crippen molar-refractivity contribution in [2.24, 2.45) is 0 Å². The third-order valence-electron chi connectivity index (χ3n) is 5.26. The van der Waals surface area contributed by atoms with Crippen LogP contribution in [0.5, 0.6) is 11.5 Å². The van der Waals surface area contributed by atoms with Gasteiger partial charge in [0.05, 0.1) is 7.11 Å². The number of hydrogen-bond acceptors (Lipinski definition) is 4. The molecule has 170 valence electrons. The molecule has 3 aromatic rings. The molecule has 1 heterocycles. The number of nitrogens with zero attached hydrogens (tertiary/aromatic N) is 1. The Morgan fingerprint density at radius 3 is 2.55 bits per heavy atom. The van der Waals surface area contributed by atoms with Crippen molar-refractivity contribution in [1.29, 1.82) is 0 Å². The Morgan fingerprint density at radius 2 is 1.82 bits per heavy atom. The zero-order chi connectivity index (χ0) is 23.4. The Balaban J connectivity index is 1.49. The van der Waals surface area contributed by atoms with Crippen LogP contribution in [-0.4, -0.2) is 30.1 Å². The quantitative estimate of drug-likeness (QED) is 0.535. The van der Waals surface area contributed by atoms with E-state index in [1.807, 2.05) is 18.2 Å². The second-order valence-corrected chi connectivity index (χ2v) is 8.15. The van der Waals surface area contributed by atoms with E-state index >= 15 is 0 Å². The highest BCUT2D eigenvalue weighted by atomic mass is 35.5. The van der Waals surface area contributed by atoms with E-state index < -0.39 is 6.10 Å². The molecule has 0 aromatic heterocycles. The number of rotatable bonds is 5. The summed E-state index contributed by atoms with van der Waals surface area (Å²) < 4.78 is 11.1. The molecule has 3 aromatic carbocycles. The van der Waals surface area contributed by atoms with Crippen molar-refractivity contribution in [2.45, 2.75) is 26.1 Å². The molecule has 7 nitrogen and oxygen atoms in total. The minimum atomic E-state index is -0.617. The van der Waals surface area contributed by atoms with Gasteiger partial charge in [0.1, 0.15) is 11.5 Å². The van der Waals surface area contributed by atoms with E-state index in [0.717, 1.165) is 11.1 Å². The third kappa shape index (κ3) is 5.56. The Kier molecular flexibility index (Phi) is 6.70. The lowest BCUT2D eigenvalue weighted by atomic mass is 10.1. The van der Waals surface area contributed by atoms with E-state index in [-0.39, 0.29) is 11.9 Å². The van der Waals surface area contributed by atoms with Gasteiger partial charge in [0, 0.05) is 41.1 Å². The highest BCUT2D eigenvalue weighted by Crippen LogP contribution is 2.29. The summed E-state index contributed by atoms with van der Waals surface area (Å²) in [5.74, 6) is 1.16. The van der Waals surface area contributed by atoms with E-state index in [2.05, 4.69) is 10.6 Å². The van der Waals surface area contributed by atoms with Crippen LogP contribution in [0.2, 0.25) is 5.02 Å². The van der Waals surface area contributed by atoms with Crippen LogP contribution in [-0.2, 0) is 17.9 Å². The maximum Gasteiger partial charge on any atom is 0.323 e. The van der Waals surface area contributed by atoms with Crippen LogP contribution in [0.4, 0.5) is 16.2 Å². The first-order valence-corrected chi connectivity index (χ1v) is 10.8. The van der Waals surface area contributed by atoms with Crippen LogP contribution in [0.25, 0.3) is 0 Å². The number of amides is 3. The van der Waals surface area contributed by atoms with Gasteiger partial charge in [-0.1, -0.05) is 29.8 Å². The molecule has 1 aliphatic heterocycles. The van der Waals surface area contributed by atoms with Gasteiger partial charge in [-0.05, 0) is 55.0 Å². The van der Waals surface area contributed by atoms with Gasteiger partial charge in [-0.2, -0.15) is 0 Å². The fraction of sp³-hybridized carbons (Fsp3) is 0.200. The molecule has 0 spiro atoms. The minimum absolute atomic E-state index is 0.105. The van der Waals surface area contributed by atoms with Crippen LogP contribution >= 0.6 is 11.6 Å². The molecule has 0 saturated heterocycles. The first-order valence-electron chi connectivity index (χ1n) is 10.5. The SMILES string of the molecule is COc1cccc(NC(=O)Nc2ccc3c(c2)CN(Cc2ccc(Cl)cc2)C(=O)C(C)O3)c1. The van der Waals surface area contributed by atoms with Crippen molar-refractivity contribution in [1.82, 2.24) is 4.90 Å². The number of ether oxygens (including phenoxy) is 2. The van der Waals surface area contributed by atoms with Crippen molar-refractivity contribution >= 4 is 34.9 Å². The second-order valence-electron chi connectivity index (χ2n) is 7.71. The highest BCUT2D eigenvalue weighted by Gasteiger charge is 2.28. The van der Waals surface area contributed by atoms with E-state index in [1.165, 1.54) is 0 Å². The largest absolute Gasteiger partial charge is 0.497 e. The Morgan fingerprint density at radius 1 is 1.09 bits per heavy atom. The van der Waals surface area contributed by atoms with Crippen LogP contribution < -0.4 is 20.1 Å². The minimum Gasteiger partial charge on any atom is -0.497 e. The number of carbonyl (C=O) groups excluding carboxylic acids is 2. The molecule has 0 fully saturated rings. The second kappa shape index (κ2) is 9.83. The topological polar surface area (TPSA) is 79.9 Å². The lowest BCUT2D eigenvalue weighted by Crippen LogP contribution is -2.37. The van der Waals surface area contributed by atoms with Gasteiger partial charge in [0.15, 0.2) is 6.10 Å². The summed E-state index contributed by atoms with van der Waals surface area (Å²) in [5.41, 5.74) is 2.97. The van der Waals surface area contributed by atoms with Crippen molar-refractivity contribution in [3.8, 4) is 11.5 Å². The van der Waals surface area contributed by atoms with Gasteiger partial charge in [-0.3, -0.25) is 4.79 Å². The lowest BCUT2D eigenvalue weighted by molar-refractivity contribution is -0.138. The van der Waals surface area contributed by atoms with Crippen LogP contribution in [0.1, 0.15) is 18.1 Å². The Labute approximate surface area is 197 Å². The monoisotopic (exact) mass is 465 g/mol. The summed E-state index contributed by atoms with van der Waals surface area (Å²) in [4.78, 5) is 27.1. The Hall–Kier alpha value is -3.71. The molecule has 1 unspecified atom stereocenters. The molecule has 3 amide bonds. The van der Waals surface area contributed by atoms with E-state index in [1.54, 1.807) is 67.5 Å². The fourth-order valence-corrected chi connectivity index (χ4v) is 3.74. The fourth-order valence-electron chi connectivity index (χ4n) is 3.62. The maximum atomic E-state index is 12.9. The summed E-state index contributed by atoms with van der Waals surface area (Å²) in [7, 11) is 1.57. The average molecular weight is 466 g/mol. The lowest BCUT2D eigenvalue weighted by Gasteiger charge is -2.22. The predicted molar refractivity (Wildman–Crippen MR) is 128 cm³/mol. The summed E-state index contributed by atoms with van der Waals surface area (Å²) >= 11 is 5.98. The van der Waals surface area contributed by atoms with Crippen LogP contribution in [0, 0.1) is 0 Å². The molecular weight excluding hydrogens is 442 g/mol. The molecule has 33 heavy (non-hydrogen) atoms. The molecule has 1 atom stereocenters. The summed E-state index contributed by atoms with van der Waals surface area (Å²) in [6, 6.07) is 19.4. The molecule has 0 radical (unpaired) electrons. The Bertz CT molecular complexity index is 1170. The van der Waals surface area contributed by atoms with E-state index in [0.29, 0.717) is 41.0 Å². The van der Waals surface area contributed by atoms with Gasteiger partial charge >= 0.3 is 6.03 Å². The molecule has 0 bridgehead atoms. The maximum absolute atomic E-state index is 12.9. The van der Waals surface area contributed by atoms with Crippen molar-refractivity contribution in [3.63, 3.8) is 0 Å². The van der Waals surface area contributed by atoms with Gasteiger partial charge in [-0.25, -0.2) is 4.79 Å². The van der Waals surface area contributed by atoms with Gasteiger partial charge in [0.2, 0.25) is 0 Å². The normalized spacial score (nSPS) is 15.2. The number of halogens is 1. The van der Waals surface area contributed by atoms with Crippen molar-refractivity contribution in [3.05, 3.63) is 82.9 Å². The number of methoxy groups -OCH3 is 1. The number of anilines is 2. The van der Waals surface area contributed by atoms with E-state index in [9.17, 15) is 9.59 Å². The standard InChI is InChI=1S/C25H24ClN3O4/c1-16-24(30)29(14-17-6-8-19(26)9-7-17)15-18-12-21(10-11-23(18)33-16)28-25(31)27-20-4-3-5-22(13-20)32-2/h3-13,16H,14-15H2,1-2H3,(H2,27,28,31). The zero-order valence-corrected chi connectivity index (χ0v) is 19.1. The van der Waals surface area contributed by atoms with Gasteiger partial charge in [-0.15, -0.1) is 0 Å².